The number of aromatic nitrogens is 3. The van der Waals surface area contributed by atoms with Gasteiger partial charge in [0.1, 0.15) is 11.3 Å². The fourth-order valence-electron chi connectivity index (χ4n) is 3.44. The lowest BCUT2D eigenvalue weighted by Gasteiger charge is -2.17. The third-order valence-electron chi connectivity index (χ3n) is 5.22. The van der Waals surface area contributed by atoms with Gasteiger partial charge in [0.2, 0.25) is 5.95 Å². The molecule has 12 heteroatoms. The minimum absolute atomic E-state index is 0.0386. The third kappa shape index (κ3) is 5.77. The molecule has 0 fully saturated rings. The van der Waals surface area contributed by atoms with Crippen LogP contribution in [0, 0.1) is 6.92 Å². The highest BCUT2D eigenvalue weighted by atomic mass is 19.4. The molecule has 2 aromatic carbocycles. The Labute approximate surface area is 204 Å². The molecular formula is C24H25F3N6O3. The van der Waals surface area contributed by atoms with Gasteiger partial charge >= 0.3 is 11.9 Å². The van der Waals surface area contributed by atoms with Crippen LogP contribution >= 0.6 is 0 Å². The van der Waals surface area contributed by atoms with Crippen molar-refractivity contribution in [2.24, 2.45) is 0 Å². The summed E-state index contributed by atoms with van der Waals surface area (Å²) in [4.78, 5) is 22.7. The number of nitrogens with one attached hydrogen (secondary N) is 2. The second-order valence-corrected chi connectivity index (χ2v) is 8.35. The largest absolute Gasteiger partial charge is 0.493 e. The van der Waals surface area contributed by atoms with E-state index in [-0.39, 0.29) is 29.8 Å². The standard InChI is InChI=1S/C24H25F3N6O3/c1-15-14-28-22(30-21(15)31-33-18-7-4-5-8-20(18)36-23(33)34)29-16-9-10-19(17(13-16)24(25,26)27)35-12-6-11-32(2)3/h4-5,7-10,13-14H,6,11-12H2,1-3H3,(H2,28,29,30,31). The van der Waals surface area contributed by atoms with Crippen molar-refractivity contribution in [3.8, 4) is 5.75 Å². The molecule has 2 aromatic heterocycles. The highest BCUT2D eigenvalue weighted by molar-refractivity contribution is 5.73. The quantitative estimate of drug-likeness (QED) is 0.319. The minimum atomic E-state index is -4.61. The second-order valence-electron chi connectivity index (χ2n) is 8.35. The molecule has 0 unspecified atom stereocenters. The fourth-order valence-corrected chi connectivity index (χ4v) is 3.44. The van der Waals surface area contributed by atoms with Crippen molar-refractivity contribution in [3.63, 3.8) is 0 Å². The number of aryl methyl sites for hydroxylation is 1. The average Bonchev–Trinajstić information content (AvgIpc) is 3.13. The minimum Gasteiger partial charge on any atom is -0.493 e. The number of nitrogens with zero attached hydrogens (tertiary/aromatic N) is 4. The molecule has 0 spiro atoms. The van der Waals surface area contributed by atoms with Gasteiger partial charge in [0, 0.05) is 24.0 Å². The SMILES string of the molecule is Cc1cnc(Nc2ccc(OCCCN(C)C)c(C(F)(F)F)c2)nc1Nn1c(=O)oc2ccccc21. The maximum Gasteiger partial charge on any atom is 0.439 e. The van der Waals surface area contributed by atoms with Crippen LogP contribution in [0.4, 0.5) is 30.6 Å². The van der Waals surface area contributed by atoms with Crippen LogP contribution in [0.25, 0.3) is 11.1 Å². The fraction of sp³-hybridized carbons (Fsp3) is 0.292. The van der Waals surface area contributed by atoms with Gasteiger partial charge in [-0.2, -0.15) is 22.8 Å². The van der Waals surface area contributed by atoms with Crippen LogP contribution in [0.5, 0.6) is 5.75 Å². The molecule has 2 N–H and O–H groups in total. The number of alkyl halides is 3. The molecule has 0 saturated heterocycles. The zero-order valence-corrected chi connectivity index (χ0v) is 19.9. The number of fused-ring (bicyclic) bond motifs is 1. The maximum atomic E-state index is 13.7. The Bertz CT molecular complexity index is 1410. The summed E-state index contributed by atoms with van der Waals surface area (Å²) in [5.74, 6) is -0.570. The summed E-state index contributed by atoms with van der Waals surface area (Å²) in [6.07, 6.45) is -2.54. The number of anilines is 3. The number of rotatable bonds is 9. The Morgan fingerprint density at radius 1 is 1.17 bits per heavy atom. The molecule has 0 amide bonds. The molecular weight excluding hydrogens is 477 g/mol. The van der Waals surface area contributed by atoms with E-state index in [1.165, 1.54) is 23.0 Å². The molecule has 0 aliphatic carbocycles. The van der Waals surface area contributed by atoms with Crippen LogP contribution in [0.3, 0.4) is 0 Å². The van der Waals surface area contributed by atoms with Crippen LogP contribution in [-0.2, 0) is 6.18 Å². The van der Waals surface area contributed by atoms with Crippen LogP contribution in [-0.4, -0.2) is 46.8 Å². The number of para-hydroxylation sites is 2. The molecule has 0 aliphatic rings. The molecule has 0 aliphatic heterocycles. The van der Waals surface area contributed by atoms with Crippen LogP contribution in [0.1, 0.15) is 17.5 Å². The van der Waals surface area contributed by atoms with E-state index in [0.29, 0.717) is 29.6 Å². The summed E-state index contributed by atoms with van der Waals surface area (Å²) < 4.78 is 52.9. The lowest BCUT2D eigenvalue weighted by molar-refractivity contribution is -0.138. The number of ether oxygens (including phenoxy) is 1. The van der Waals surface area contributed by atoms with E-state index in [1.54, 1.807) is 31.2 Å². The Balaban J connectivity index is 1.56. The van der Waals surface area contributed by atoms with Gasteiger partial charge in [-0.25, -0.2) is 9.78 Å². The molecule has 4 rings (SSSR count). The Hall–Kier alpha value is -4.06. The number of halogens is 3. The van der Waals surface area contributed by atoms with E-state index in [2.05, 4.69) is 20.7 Å². The molecule has 2 heterocycles. The highest BCUT2D eigenvalue weighted by Crippen LogP contribution is 2.38. The summed E-state index contributed by atoms with van der Waals surface area (Å²) in [6.45, 7) is 2.58. The number of benzene rings is 2. The van der Waals surface area contributed by atoms with Crippen LogP contribution in [0.15, 0.2) is 57.9 Å². The van der Waals surface area contributed by atoms with Crippen molar-refractivity contribution in [1.82, 2.24) is 19.5 Å². The van der Waals surface area contributed by atoms with Crippen molar-refractivity contribution in [2.45, 2.75) is 19.5 Å². The van der Waals surface area contributed by atoms with E-state index in [1.807, 2.05) is 19.0 Å². The molecule has 0 bridgehead atoms. The van der Waals surface area contributed by atoms with Crippen molar-refractivity contribution >= 4 is 28.6 Å². The van der Waals surface area contributed by atoms with E-state index < -0.39 is 17.5 Å². The lowest BCUT2D eigenvalue weighted by atomic mass is 10.1. The first-order valence-corrected chi connectivity index (χ1v) is 11.1. The first-order chi connectivity index (χ1) is 17.1. The maximum absolute atomic E-state index is 13.7. The molecule has 0 atom stereocenters. The lowest BCUT2D eigenvalue weighted by Crippen LogP contribution is -2.23. The van der Waals surface area contributed by atoms with E-state index in [0.717, 1.165) is 6.07 Å². The van der Waals surface area contributed by atoms with Crippen molar-refractivity contribution in [2.75, 3.05) is 38.0 Å². The predicted octanol–water partition coefficient (Wildman–Crippen LogP) is 4.66. The molecule has 0 radical (unpaired) electrons. The van der Waals surface area contributed by atoms with Crippen LogP contribution < -0.4 is 21.2 Å². The molecule has 4 aromatic rings. The zero-order chi connectivity index (χ0) is 25.9. The summed E-state index contributed by atoms with van der Waals surface area (Å²) in [6, 6.07) is 10.5. The van der Waals surface area contributed by atoms with Crippen molar-refractivity contribution < 1.29 is 22.3 Å². The van der Waals surface area contributed by atoms with E-state index >= 15 is 0 Å². The van der Waals surface area contributed by atoms with Gasteiger partial charge in [0.15, 0.2) is 11.4 Å². The Morgan fingerprint density at radius 3 is 2.69 bits per heavy atom. The molecule has 0 saturated carbocycles. The van der Waals surface area contributed by atoms with Gasteiger partial charge in [0.25, 0.3) is 0 Å². The van der Waals surface area contributed by atoms with E-state index in [9.17, 15) is 18.0 Å². The predicted molar refractivity (Wildman–Crippen MR) is 130 cm³/mol. The summed E-state index contributed by atoms with van der Waals surface area (Å²) in [7, 11) is 3.76. The molecule has 9 nitrogen and oxygen atoms in total. The third-order valence-corrected chi connectivity index (χ3v) is 5.22. The highest BCUT2D eigenvalue weighted by Gasteiger charge is 2.35. The van der Waals surface area contributed by atoms with E-state index in [4.69, 9.17) is 9.15 Å². The smallest absolute Gasteiger partial charge is 0.439 e. The number of hydrogen-bond donors (Lipinski definition) is 2. The van der Waals surface area contributed by atoms with Gasteiger partial charge in [-0.3, -0.25) is 5.43 Å². The number of oxazole rings is 1. The summed E-state index contributed by atoms with van der Waals surface area (Å²) in [5, 5.41) is 2.79. The summed E-state index contributed by atoms with van der Waals surface area (Å²) in [5.41, 5.74) is 3.62. The van der Waals surface area contributed by atoms with Gasteiger partial charge in [0.05, 0.1) is 12.2 Å². The van der Waals surface area contributed by atoms with Gasteiger partial charge < -0.3 is 19.4 Å². The van der Waals surface area contributed by atoms with Crippen molar-refractivity contribution in [1.29, 1.82) is 0 Å². The topological polar surface area (TPSA) is 97.5 Å². The first kappa shape index (κ1) is 25.0. The average molecular weight is 502 g/mol. The van der Waals surface area contributed by atoms with Crippen LogP contribution in [0.2, 0.25) is 0 Å². The van der Waals surface area contributed by atoms with Gasteiger partial charge in [-0.05, 0) is 57.8 Å². The monoisotopic (exact) mass is 502 g/mol. The number of hydrogen-bond acceptors (Lipinski definition) is 8. The molecule has 190 valence electrons. The van der Waals surface area contributed by atoms with Crippen molar-refractivity contribution in [3.05, 3.63) is 70.3 Å². The Morgan fingerprint density at radius 2 is 1.94 bits per heavy atom. The summed E-state index contributed by atoms with van der Waals surface area (Å²) >= 11 is 0. The van der Waals surface area contributed by atoms with Gasteiger partial charge in [-0.1, -0.05) is 12.1 Å². The molecule has 36 heavy (non-hydrogen) atoms. The second kappa shape index (κ2) is 10.3. The normalized spacial score (nSPS) is 11.8. The van der Waals surface area contributed by atoms with Gasteiger partial charge in [-0.15, -0.1) is 0 Å². The Kier molecular flexibility index (Phi) is 7.15. The zero-order valence-electron chi connectivity index (χ0n) is 19.9. The first-order valence-electron chi connectivity index (χ1n) is 11.1.